The van der Waals surface area contributed by atoms with Crippen LogP contribution >= 0.6 is 0 Å². The molecular weight excluding hydrogens is 272 g/mol. The van der Waals surface area contributed by atoms with Gasteiger partial charge in [-0.05, 0) is 0 Å². The quantitative estimate of drug-likeness (QED) is 0.672. The number of rotatable bonds is 3. The van der Waals surface area contributed by atoms with Gasteiger partial charge in [-0.15, -0.1) is 0 Å². The minimum Gasteiger partial charge on any atom is -0.379 e. The molecule has 0 aromatic heterocycles. The molecule has 0 radical (unpaired) electrons. The van der Waals surface area contributed by atoms with Gasteiger partial charge in [-0.25, -0.2) is 8.42 Å². The first-order valence-electron chi connectivity index (χ1n) is 4.03. The molecular formula is C5H9F2NO6S2. The Morgan fingerprint density at radius 2 is 1.56 bits per heavy atom. The summed E-state index contributed by atoms with van der Waals surface area (Å²) in [6.45, 7) is -0.984. The van der Waals surface area contributed by atoms with Crippen molar-refractivity contribution >= 4 is 20.1 Å². The molecule has 0 amide bonds. The number of halogens is 2. The molecule has 1 N–H and O–H groups in total. The first kappa shape index (κ1) is 13.7. The van der Waals surface area contributed by atoms with Crippen LogP contribution in [0.25, 0.3) is 0 Å². The third-order valence-corrected chi connectivity index (χ3v) is 5.42. The van der Waals surface area contributed by atoms with E-state index in [2.05, 4.69) is 0 Å². The number of hydrogen-bond acceptors (Lipinski definition) is 5. The molecule has 0 saturated carbocycles. The summed E-state index contributed by atoms with van der Waals surface area (Å²) in [5.74, 6) is 0. The highest BCUT2D eigenvalue weighted by atomic mass is 32.3. The minimum atomic E-state index is -6.01. The van der Waals surface area contributed by atoms with Crippen molar-refractivity contribution < 1.29 is 34.9 Å². The first-order chi connectivity index (χ1) is 7.11. The molecule has 0 atom stereocenters. The average Bonchev–Trinajstić information content (AvgIpc) is 2.17. The maximum absolute atomic E-state index is 13.0. The average molecular weight is 281 g/mol. The van der Waals surface area contributed by atoms with Gasteiger partial charge in [0.15, 0.2) is 0 Å². The third kappa shape index (κ3) is 2.18. The molecule has 0 aromatic rings. The Balaban J connectivity index is 3.10. The van der Waals surface area contributed by atoms with Crippen molar-refractivity contribution in [1.29, 1.82) is 0 Å². The molecule has 1 fully saturated rings. The van der Waals surface area contributed by atoms with Crippen molar-refractivity contribution in [1.82, 2.24) is 4.31 Å². The van der Waals surface area contributed by atoms with E-state index in [0.717, 1.165) is 0 Å². The maximum atomic E-state index is 13.0. The van der Waals surface area contributed by atoms with Crippen LogP contribution in [0.4, 0.5) is 8.78 Å². The maximum Gasteiger partial charge on any atom is 0.484 e. The number of morpholine rings is 1. The lowest BCUT2D eigenvalue weighted by Crippen LogP contribution is -2.51. The van der Waals surface area contributed by atoms with E-state index >= 15 is 0 Å². The van der Waals surface area contributed by atoms with Crippen LogP contribution in [0.5, 0.6) is 0 Å². The van der Waals surface area contributed by atoms with Crippen LogP contribution in [0, 0.1) is 0 Å². The zero-order valence-electron chi connectivity index (χ0n) is 7.84. The van der Waals surface area contributed by atoms with Crippen molar-refractivity contribution in [3.05, 3.63) is 0 Å². The molecule has 11 heteroatoms. The molecule has 1 aliphatic heterocycles. The molecule has 16 heavy (non-hydrogen) atoms. The van der Waals surface area contributed by atoms with Gasteiger partial charge in [0.05, 0.1) is 13.2 Å². The number of sulfonamides is 1. The number of nitrogens with zero attached hydrogens (tertiary/aromatic N) is 1. The van der Waals surface area contributed by atoms with Gasteiger partial charge in [-0.2, -0.15) is 21.5 Å². The second-order valence-electron chi connectivity index (χ2n) is 2.95. The summed E-state index contributed by atoms with van der Waals surface area (Å²) in [7, 11) is -11.5. The van der Waals surface area contributed by atoms with Crippen molar-refractivity contribution in [2.45, 2.75) is 4.59 Å². The van der Waals surface area contributed by atoms with Crippen LogP contribution in [0.3, 0.4) is 0 Å². The number of ether oxygens (including phenoxy) is 1. The Kier molecular flexibility index (Phi) is 3.55. The molecule has 0 aliphatic carbocycles. The van der Waals surface area contributed by atoms with E-state index in [1.54, 1.807) is 0 Å². The summed E-state index contributed by atoms with van der Waals surface area (Å²) in [6, 6.07) is 0. The van der Waals surface area contributed by atoms with Gasteiger partial charge in [-0.1, -0.05) is 0 Å². The second kappa shape index (κ2) is 4.14. The monoisotopic (exact) mass is 281 g/mol. The summed E-state index contributed by atoms with van der Waals surface area (Å²) in [4.78, 5) is 0. The van der Waals surface area contributed by atoms with Crippen LogP contribution in [0.1, 0.15) is 0 Å². The van der Waals surface area contributed by atoms with Crippen molar-refractivity contribution in [2.24, 2.45) is 0 Å². The third-order valence-electron chi connectivity index (χ3n) is 1.91. The summed E-state index contributed by atoms with van der Waals surface area (Å²) < 4.78 is 77.0. The van der Waals surface area contributed by atoms with Gasteiger partial charge in [0.1, 0.15) is 0 Å². The van der Waals surface area contributed by atoms with E-state index < -0.39 is 24.7 Å². The summed E-state index contributed by atoms with van der Waals surface area (Å²) >= 11 is 0. The number of hydrogen-bond donors (Lipinski definition) is 1. The second-order valence-corrected chi connectivity index (χ2v) is 6.66. The molecule has 0 unspecified atom stereocenters. The van der Waals surface area contributed by atoms with Crippen LogP contribution < -0.4 is 0 Å². The van der Waals surface area contributed by atoms with Crippen LogP contribution in [0.15, 0.2) is 0 Å². The van der Waals surface area contributed by atoms with Crippen molar-refractivity contribution in [3.63, 3.8) is 0 Å². The standard InChI is InChI=1S/C5H9F2NO6S2/c6-5(7,16(11,12)13)15(9,10)8-1-3-14-4-2-8/h1-4H2,(H,11,12,13). The van der Waals surface area contributed by atoms with E-state index in [1.807, 2.05) is 0 Å². The Labute approximate surface area is 90.8 Å². The number of alkyl halides is 2. The van der Waals surface area contributed by atoms with Crippen molar-refractivity contribution in [3.8, 4) is 0 Å². The van der Waals surface area contributed by atoms with E-state index in [0.29, 0.717) is 0 Å². The summed E-state index contributed by atoms with van der Waals surface area (Å²) in [6.07, 6.45) is 0. The van der Waals surface area contributed by atoms with Gasteiger partial charge in [-0.3, -0.25) is 4.55 Å². The Bertz CT molecular complexity index is 451. The SMILES string of the molecule is O=S(=O)(O)C(F)(F)S(=O)(=O)N1CCOCC1. The predicted molar refractivity (Wildman–Crippen MR) is 47.8 cm³/mol. The fourth-order valence-electron chi connectivity index (χ4n) is 1.07. The molecule has 96 valence electrons. The van der Waals surface area contributed by atoms with Crippen molar-refractivity contribution in [2.75, 3.05) is 26.3 Å². The molecule has 7 nitrogen and oxygen atoms in total. The van der Waals surface area contributed by atoms with E-state index in [9.17, 15) is 25.6 Å². The van der Waals surface area contributed by atoms with Crippen LogP contribution in [0.2, 0.25) is 0 Å². The highest BCUT2D eigenvalue weighted by Crippen LogP contribution is 2.30. The van der Waals surface area contributed by atoms with Gasteiger partial charge in [0.25, 0.3) is 10.0 Å². The van der Waals surface area contributed by atoms with Crippen LogP contribution in [-0.4, -0.2) is 56.6 Å². The zero-order chi connectivity index (χ0) is 12.6. The first-order valence-corrected chi connectivity index (χ1v) is 6.91. The lowest BCUT2D eigenvalue weighted by Gasteiger charge is -2.28. The zero-order valence-corrected chi connectivity index (χ0v) is 9.47. The Morgan fingerprint density at radius 3 is 1.94 bits per heavy atom. The van der Waals surface area contributed by atoms with Gasteiger partial charge >= 0.3 is 14.7 Å². The van der Waals surface area contributed by atoms with E-state index in [-0.39, 0.29) is 30.6 Å². The predicted octanol–water partition coefficient (Wildman–Crippen LogP) is -0.913. The fourth-order valence-corrected chi connectivity index (χ4v) is 3.38. The Morgan fingerprint density at radius 1 is 1.12 bits per heavy atom. The normalized spacial score (nSPS) is 20.9. The fraction of sp³-hybridized carbons (Fsp3) is 1.00. The van der Waals surface area contributed by atoms with Gasteiger partial charge < -0.3 is 4.74 Å². The summed E-state index contributed by atoms with van der Waals surface area (Å²) in [5, 5.41) is 0. The highest BCUT2D eigenvalue weighted by molar-refractivity contribution is 8.06. The van der Waals surface area contributed by atoms with E-state index in [1.165, 1.54) is 0 Å². The lowest BCUT2D eigenvalue weighted by molar-refractivity contribution is 0.0659. The molecule has 1 rings (SSSR count). The summed E-state index contributed by atoms with van der Waals surface area (Å²) in [5.41, 5.74) is 0. The molecule has 0 spiro atoms. The smallest absolute Gasteiger partial charge is 0.379 e. The minimum absolute atomic E-state index is 0.110. The van der Waals surface area contributed by atoms with Gasteiger partial charge in [0.2, 0.25) is 0 Å². The van der Waals surface area contributed by atoms with E-state index in [4.69, 9.17) is 9.29 Å². The molecule has 1 saturated heterocycles. The molecule has 1 aliphatic rings. The van der Waals surface area contributed by atoms with Crippen LogP contribution in [-0.2, 0) is 24.9 Å². The van der Waals surface area contributed by atoms with Gasteiger partial charge in [0, 0.05) is 13.1 Å². The largest absolute Gasteiger partial charge is 0.484 e. The highest BCUT2D eigenvalue weighted by Gasteiger charge is 2.60. The molecule has 0 bridgehead atoms. The molecule has 1 heterocycles. The lowest BCUT2D eigenvalue weighted by atomic mass is 10.5. The Hall–Kier alpha value is -0.360. The topological polar surface area (TPSA) is 101 Å². The molecule has 0 aromatic carbocycles.